The Bertz CT molecular complexity index is 334. The first kappa shape index (κ1) is 16.8. The second-order valence-electron chi connectivity index (χ2n) is 6.99. The summed E-state index contributed by atoms with van der Waals surface area (Å²) in [6, 6.07) is 0.897. The largest absolute Gasteiger partial charge is 0.352 e. The van der Waals surface area contributed by atoms with Gasteiger partial charge >= 0.3 is 0 Å². The number of nitrogens with one attached hydrogen (secondary N) is 1. The zero-order valence-electron chi connectivity index (χ0n) is 13.8. The molecule has 0 saturated heterocycles. The van der Waals surface area contributed by atoms with Gasteiger partial charge in [0.05, 0.1) is 6.54 Å². The highest BCUT2D eigenvalue weighted by Gasteiger charge is 2.32. The third-order valence-electron chi connectivity index (χ3n) is 5.60. The van der Waals surface area contributed by atoms with Crippen LogP contribution in [-0.2, 0) is 4.79 Å². The van der Waals surface area contributed by atoms with Gasteiger partial charge in [-0.2, -0.15) is 0 Å². The van der Waals surface area contributed by atoms with E-state index in [2.05, 4.69) is 24.1 Å². The van der Waals surface area contributed by atoms with E-state index >= 15 is 0 Å². The lowest BCUT2D eigenvalue weighted by Gasteiger charge is -2.33. The van der Waals surface area contributed by atoms with Crippen LogP contribution in [0.15, 0.2) is 0 Å². The summed E-state index contributed by atoms with van der Waals surface area (Å²) in [5, 5.41) is 3.28. The molecule has 4 nitrogen and oxygen atoms in total. The van der Waals surface area contributed by atoms with Gasteiger partial charge in [0.1, 0.15) is 0 Å². The molecule has 2 aliphatic rings. The van der Waals surface area contributed by atoms with Crippen LogP contribution in [0.4, 0.5) is 0 Å². The molecule has 4 unspecified atom stereocenters. The topological polar surface area (TPSA) is 58.4 Å². The molecule has 0 radical (unpaired) electrons. The smallest absolute Gasteiger partial charge is 0.234 e. The molecule has 4 heteroatoms. The summed E-state index contributed by atoms with van der Waals surface area (Å²) in [6.45, 7) is 6.66. The fourth-order valence-corrected chi connectivity index (χ4v) is 4.20. The molecule has 3 N–H and O–H groups in total. The molecule has 0 aromatic rings. The van der Waals surface area contributed by atoms with Crippen molar-refractivity contribution in [2.24, 2.45) is 17.6 Å². The molecule has 0 aromatic carbocycles. The van der Waals surface area contributed by atoms with E-state index in [4.69, 9.17) is 5.73 Å². The van der Waals surface area contributed by atoms with E-state index in [0.29, 0.717) is 30.5 Å². The molecule has 21 heavy (non-hydrogen) atoms. The molecule has 2 rings (SSSR count). The van der Waals surface area contributed by atoms with Crippen molar-refractivity contribution in [2.75, 3.05) is 19.6 Å². The molecule has 2 fully saturated rings. The molecule has 0 spiro atoms. The minimum Gasteiger partial charge on any atom is -0.352 e. The van der Waals surface area contributed by atoms with E-state index in [-0.39, 0.29) is 5.91 Å². The average molecular weight is 295 g/mol. The fraction of sp³-hybridized carbons (Fsp3) is 0.941. The highest BCUT2D eigenvalue weighted by molar-refractivity contribution is 5.78. The Morgan fingerprint density at radius 2 is 1.95 bits per heavy atom. The standard InChI is InChI=1S/C17H33N3O/c1-3-20(16-10-6-8-14(16)11-18)12-17(21)19-15-9-5-4-7-13(15)2/h13-16H,3-12,18H2,1-2H3,(H,19,21). The van der Waals surface area contributed by atoms with E-state index < -0.39 is 0 Å². The number of rotatable bonds is 6. The molecule has 1 amide bonds. The third-order valence-corrected chi connectivity index (χ3v) is 5.60. The van der Waals surface area contributed by atoms with Crippen molar-refractivity contribution < 1.29 is 4.79 Å². The average Bonchev–Trinajstić information content (AvgIpc) is 2.95. The van der Waals surface area contributed by atoms with Crippen molar-refractivity contribution in [1.29, 1.82) is 0 Å². The van der Waals surface area contributed by atoms with Crippen molar-refractivity contribution in [3.05, 3.63) is 0 Å². The van der Waals surface area contributed by atoms with E-state index in [1.807, 2.05) is 0 Å². The number of carbonyl (C=O) groups excluding carboxylic acids is 1. The van der Waals surface area contributed by atoms with Crippen LogP contribution < -0.4 is 11.1 Å². The second kappa shape index (κ2) is 8.14. The van der Waals surface area contributed by atoms with Crippen LogP contribution in [0.3, 0.4) is 0 Å². The van der Waals surface area contributed by atoms with Gasteiger partial charge in [0.2, 0.25) is 5.91 Å². The number of likely N-dealkylation sites (N-methyl/N-ethyl adjacent to an activating group) is 1. The molecule has 0 aromatic heterocycles. The lowest BCUT2D eigenvalue weighted by molar-refractivity contribution is -0.124. The maximum Gasteiger partial charge on any atom is 0.234 e. The minimum atomic E-state index is 0.207. The van der Waals surface area contributed by atoms with Crippen LogP contribution in [0, 0.1) is 11.8 Å². The molecule has 2 saturated carbocycles. The van der Waals surface area contributed by atoms with Crippen molar-refractivity contribution in [3.8, 4) is 0 Å². The molecular weight excluding hydrogens is 262 g/mol. The highest BCUT2D eigenvalue weighted by Crippen LogP contribution is 2.29. The minimum absolute atomic E-state index is 0.207. The van der Waals surface area contributed by atoms with Crippen LogP contribution in [0.2, 0.25) is 0 Å². The second-order valence-corrected chi connectivity index (χ2v) is 6.99. The summed E-state index contributed by atoms with van der Waals surface area (Å²) >= 11 is 0. The van der Waals surface area contributed by atoms with Crippen LogP contribution in [-0.4, -0.2) is 42.5 Å². The SMILES string of the molecule is CCN(CC(=O)NC1CCCCC1C)C1CCCC1CN. The highest BCUT2D eigenvalue weighted by atomic mass is 16.2. The number of hydrogen-bond donors (Lipinski definition) is 2. The van der Waals surface area contributed by atoms with Gasteiger partial charge in [-0.15, -0.1) is 0 Å². The predicted octanol–water partition coefficient (Wildman–Crippen LogP) is 2.13. The van der Waals surface area contributed by atoms with Crippen LogP contribution in [0.5, 0.6) is 0 Å². The van der Waals surface area contributed by atoms with E-state index in [0.717, 1.165) is 19.5 Å². The molecule has 0 bridgehead atoms. The Labute approximate surface area is 129 Å². The van der Waals surface area contributed by atoms with Crippen LogP contribution in [0.1, 0.15) is 58.8 Å². The number of carbonyl (C=O) groups is 1. The normalized spacial score (nSPS) is 33.3. The summed E-state index contributed by atoms with van der Waals surface area (Å²) in [5.41, 5.74) is 5.89. The first-order valence-electron chi connectivity index (χ1n) is 8.89. The third kappa shape index (κ3) is 4.43. The molecule has 122 valence electrons. The van der Waals surface area contributed by atoms with Gasteiger partial charge in [0, 0.05) is 12.1 Å². The fourth-order valence-electron chi connectivity index (χ4n) is 4.20. The Kier molecular flexibility index (Phi) is 6.49. The Morgan fingerprint density at radius 1 is 1.19 bits per heavy atom. The van der Waals surface area contributed by atoms with Crippen molar-refractivity contribution >= 4 is 5.91 Å². The molecule has 0 heterocycles. The lowest BCUT2D eigenvalue weighted by atomic mass is 9.86. The monoisotopic (exact) mass is 295 g/mol. The Morgan fingerprint density at radius 3 is 2.62 bits per heavy atom. The summed E-state index contributed by atoms with van der Waals surface area (Å²) in [4.78, 5) is 14.7. The molecular formula is C17H33N3O. The Balaban J connectivity index is 1.84. The zero-order chi connectivity index (χ0) is 15.2. The van der Waals surface area contributed by atoms with Gasteiger partial charge in [0.25, 0.3) is 0 Å². The number of nitrogens with two attached hydrogens (primary N) is 1. The summed E-state index contributed by atoms with van der Waals surface area (Å²) in [6.07, 6.45) is 8.64. The first-order chi connectivity index (χ1) is 10.2. The van der Waals surface area contributed by atoms with Crippen LogP contribution in [0.25, 0.3) is 0 Å². The molecule has 2 aliphatic carbocycles. The van der Waals surface area contributed by atoms with Crippen molar-refractivity contribution in [1.82, 2.24) is 10.2 Å². The molecule has 4 atom stereocenters. The Hall–Kier alpha value is -0.610. The summed E-state index contributed by atoms with van der Waals surface area (Å²) < 4.78 is 0. The number of amides is 1. The van der Waals surface area contributed by atoms with E-state index in [9.17, 15) is 4.79 Å². The van der Waals surface area contributed by atoms with E-state index in [1.54, 1.807) is 0 Å². The predicted molar refractivity (Wildman–Crippen MR) is 87.0 cm³/mol. The number of nitrogens with zero attached hydrogens (tertiary/aromatic N) is 1. The quantitative estimate of drug-likeness (QED) is 0.789. The number of hydrogen-bond acceptors (Lipinski definition) is 3. The van der Waals surface area contributed by atoms with Gasteiger partial charge in [-0.05, 0) is 50.6 Å². The maximum absolute atomic E-state index is 12.4. The van der Waals surface area contributed by atoms with Crippen LogP contribution >= 0.6 is 0 Å². The lowest BCUT2D eigenvalue weighted by Crippen LogP contribution is -2.49. The van der Waals surface area contributed by atoms with Crippen molar-refractivity contribution in [3.63, 3.8) is 0 Å². The van der Waals surface area contributed by atoms with Gasteiger partial charge in [-0.3, -0.25) is 9.69 Å². The van der Waals surface area contributed by atoms with Gasteiger partial charge < -0.3 is 11.1 Å². The van der Waals surface area contributed by atoms with Gasteiger partial charge in [-0.1, -0.05) is 33.1 Å². The molecule has 0 aliphatic heterocycles. The summed E-state index contributed by atoms with van der Waals surface area (Å²) in [5.74, 6) is 1.41. The van der Waals surface area contributed by atoms with Gasteiger partial charge in [0.15, 0.2) is 0 Å². The zero-order valence-corrected chi connectivity index (χ0v) is 13.8. The first-order valence-corrected chi connectivity index (χ1v) is 8.89. The van der Waals surface area contributed by atoms with Crippen molar-refractivity contribution in [2.45, 2.75) is 70.9 Å². The van der Waals surface area contributed by atoms with E-state index in [1.165, 1.54) is 38.5 Å². The van der Waals surface area contributed by atoms with Gasteiger partial charge in [-0.25, -0.2) is 0 Å². The maximum atomic E-state index is 12.4. The summed E-state index contributed by atoms with van der Waals surface area (Å²) in [7, 11) is 0.